The molecule has 1 heterocycles. The Labute approximate surface area is 147 Å². The topological polar surface area (TPSA) is 18.5 Å². The molecule has 25 heavy (non-hydrogen) atoms. The van der Waals surface area contributed by atoms with E-state index in [1.54, 1.807) is 12.1 Å². The van der Waals surface area contributed by atoms with Crippen molar-refractivity contribution in [1.29, 1.82) is 0 Å². The van der Waals surface area contributed by atoms with Crippen molar-refractivity contribution in [3.05, 3.63) is 65.6 Å². The van der Waals surface area contributed by atoms with Gasteiger partial charge in [-0.2, -0.15) is 0 Å². The van der Waals surface area contributed by atoms with Crippen molar-refractivity contribution in [3.63, 3.8) is 0 Å². The van der Waals surface area contributed by atoms with E-state index in [1.807, 2.05) is 52.0 Å². The normalized spacial score (nSPS) is 19.3. The van der Waals surface area contributed by atoms with Gasteiger partial charge in [-0.3, -0.25) is 0 Å². The fourth-order valence-corrected chi connectivity index (χ4v) is 2.60. The van der Waals surface area contributed by atoms with Crippen LogP contribution in [-0.2, 0) is 9.31 Å². The standard InChI is InChI=1S/C20H21BF2O2/c1-19(2)20(3,4)25-21(24-19)18(23)13-14-5-7-15(8-6-14)16-9-11-17(22)12-10-16/h5-13H,1-4H3. The first-order valence-corrected chi connectivity index (χ1v) is 8.27. The van der Waals surface area contributed by atoms with Crippen molar-refractivity contribution in [2.45, 2.75) is 38.9 Å². The summed E-state index contributed by atoms with van der Waals surface area (Å²) in [6, 6.07) is 13.6. The maximum absolute atomic E-state index is 14.5. The van der Waals surface area contributed by atoms with E-state index in [9.17, 15) is 8.78 Å². The Hall–Kier alpha value is -1.98. The third kappa shape index (κ3) is 3.67. The van der Waals surface area contributed by atoms with E-state index in [0.717, 1.165) is 11.1 Å². The maximum atomic E-state index is 14.5. The lowest BCUT2D eigenvalue weighted by Gasteiger charge is -2.32. The fourth-order valence-electron chi connectivity index (χ4n) is 2.60. The minimum atomic E-state index is -0.998. The Morgan fingerprint density at radius 1 is 0.840 bits per heavy atom. The van der Waals surface area contributed by atoms with Crippen LogP contribution in [0.3, 0.4) is 0 Å². The van der Waals surface area contributed by atoms with E-state index < -0.39 is 24.0 Å². The van der Waals surface area contributed by atoms with Crippen LogP contribution < -0.4 is 0 Å². The van der Waals surface area contributed by atoms with Gasteiger partial charge in [0.25, 0.3) is 0 Å². The molecule has 130 valence electrons. The monoisotopic (exact) mass is 342 g/mol. The highest BCUT2D eigenvalue weighted by atomic mass is 19.1. The van der Waals surface area contributed by atoms with Crippen LogP contribution in [0.2, 0.25) is 0 Å². The predicted molar refractivity (Wildman–Crippen MR) is 97.0 cm³/mol. The van der Waals surface area contributed by atoms with Crippen LogP contribution in [-0.4, -0.2) is 18.3 Å². The molecule has 0 aliphatic carbocycles. The average molecular weight is 342 g/mol. The van der Waals surface area contributed by atoms with Gasteiger partial charge < -0.3 is 9.31 Å². The molecule has 1 aliphatic rings. The Morgan fingerprint density at radius 2 is 1.28 bits per heavy atom. The SMILES string of the molecule is CC1(C)OB(C(F)=Cc2ccc(-c3ccc(F)cc3)cc2)OC1(C)C. The van der Waals surface area contributed by atoms with Gasteiger partial charge >= 0.3 is 7.12 Å². The van der Waals surface area contributed by atoms with Gasteiger partial charge in [0, 0.05) is 0 Å². The van der Waals surface area contributed by atoms with Gasteiger partial charge in [0.2, 0.25) is 0 Å². The predicted octanol–water partition coefficient (Wildman–Crippen LogP) is 5.43. The van der Waals surface area contributed by atoms with Crippen LogP contribution in [0.4, 0.5) is 8.78 Å². The van der Waals surface area contributed by atoms with E-state index in [4.69, 9.17) is 9.31 Å². The molecule has 0 radical (unpaired) electrons. The summed E-state index contributed by atoms with van der Waals surface area (Å²) in [6.45, 7) is 7.55. The number of benzene rings is 2. The smallest absolute Gasteiger partial charge is 0.398 e. The number of hydrogen-bond donors (Lipinski definition) is 0. The minimum Gasteiger partial charge on any atom is -0.398 e. The summed E-state index contributed by atoms with van der Waals surface area (Å²) in [4.78, 5) is 0. The molecule has 2 nitrogen and oxygen atoms in total. The van der Waals surface area contributed by atoms with Gasteiger partial charge in [-0.1, -0.05) is 36.4 Å². The van der Waals surface area contributed by atoms with Crippen molar-refractivity contribution in [1.82, 2.24) is 0 Å². The minimum absolute atomic E-state index is 0.271. The Kier molecular flexibility index (Phi) is 4.56. The lowest BCUT2D eigenvalue weighted by Crippen LogP contribution is -2.41. The molecule has 2 aromatic carbocycles. The molecule has 1 saturated heterocycles. The first-order valence-electron chi connectivity index (χ1n) is 8.27. The molecule has 0 saturated carbocycles. The van der Waals surface area contributed by atoms with E-state index >= 15 is 0 Å². The van der Waals surface area contributed by atoms with Crippen LogP contribution in [0.15, 0.2) is 54.3 Å². The van der Waals surface area contributed by atoms with Gasteiger partial charge in [0.1, 0.15) is 11.5 Å². The first-order chi connectivity index (χ1) is 11.7. The zero-order chi connectivity index (χ0) is 18.2. The number of halogens is 2. The van der Waals surface area contributed by atoms with Crippen LogP contribution >= 0.6 is 0 Å². The Balaban J connectivity index is 1.77. The summed E-state index contributed by atoms with van der Waals surface area (Å²) < 4.78 is 38.9. The van der Waals surface area contributed by atoms with Crippen molar-refractivity contribution >= 4 is 13.2 Å². The van der Waals surface area contributed by atoms with Crippen LogP contribution in [0.25, 0.3) is 17.2 Å². The molecule has 1 aliphatic heterocycles. The molecule has 0 aromatic heterocycles. The summed E-state index contributed by atoms with van der Waals surface area (Å²) in [6.07, 6.45) is 1.41. The molecule has 5 heteroatoms. The highest BCUT2D eigenvalue weighted by molar-refractivity contribution is 6.54. The van der Waals surface area contributed by atoms with Gasteiger partial charge in [-0.15, -0.1) is 0 Å². The lowest BCUT2D eigenvalue weighted by molar-refractivity contribution is 0.00578. The zero-order valence-electron chi connectivity index (χ0n) is 14.8. The van der Waals surface area contributed by atoms with Crippen molar-refractivity contribution in [2.24, 2.45) is 0 Å². The summed E-state index contributed by atoms with van der Waals surface area (Å²) in [7, 11) is -0.998. The van der Waals surface area contributed by atoms with Crippen LogP contribution in [0, 0.1) is 5.82 Å². The molecule has 2 aromatic rings. The van der Waals surface area contributed by atoms with Gasteiger partial charge in [-0.05, 0) is 62.6 Å². The molecule has 0 bridgehead atoms. The molecular formula is C20H21BF2O2. The van der Waals surface area contributed by atoms with Gasteiger partial charge in [-0.25, -0.2) is 8.78 Å². The van der Waals surface area contributed by atoms with Crippen molar-refractivity contribution in [2.75, 3.05) is 0 Å². The molecule has 0 spiro atoms. The first kappa shape index (κ1) is 17.8. The second-order valence-electron chi connectivity index (χ2n) is 7.25. The fraction of sp³-hybridized carbons (Fsp3) is 0.300. The largest absolute Gasteiger partial charge is 0.525 e. The quantitative estimate of drug-likeness (QED) is 0.692. The Bertz CT molecular complexity index is 764. The van der Waals surface area contributed by atoms with Crippen LogP contribution in [0.1, 0.15) is 33.3 Å². The van der Waals surface area contributed by atoms with E-state index in [-0.39, 0.29) is 5.82 Å². The highest BCUT2D eigenvalue weighted by Gasteiger charge is 2.53. The third-order valence-corrected chi connectivity index (χ3v) is 4.87. The van der Waals surface area contributed by atoms with Gasteiger partial charge in [0.05, 0.1) is 11.2 Å². The molecule has 0 amide bonds. The highest BCUT2D eigenvalue weighted by Crippen LogP contribution is 2.39. The Morgan fingerprint density at radius 3 is 1.76 bits per heavy atom. The molecular weight excluding hydrogens is 321 g/mol. The second kappa shape index (κ2) is 6.39. The molecule has 0 unspecified atom stereocenters. The average Bonchev–Trinajstić information content (AvgIpc) is 2.77. The van der Waals surface area contributed by atoms with Crippen LogP contribution in [0.5, 0.6) is 0 Å². The number of rotatable bonds is 3. The molecule has 3 rings (SSSR count). The molecule has 0 N–H and O–H groups in total. The lowest BCUT2D eigenvalue weighted by atomic mass is 9.86. The van der Waals surface area contributed by atoms with Crippen molar-refractivity contribution in [3.8, 4) is 11.1 Å². The third-order valence-electron chi connectivity index (χ3n) is 4.87. The van der Waals surface area contributed by atoms with E-state index in [0.29, 0.717) is 5.56 Å². The number of hydrogen-bond acceptors (Lipinski definition) is 2. The summed E-state index contributed by atoms with van der Waals surface area (Å²) in [5.74, 6) is -0.271. The van der Waals surface area contributed by atoms with Crippen molar-refractivity contribution < 1.29 is 18.1 Å². The summed E-state index contributed by atoms with van der Waals surface area (Å²) in [5, 5.41) is 0. The molecule has 0 atom stereocenters. The summed E-state index contributed by atoms with van der Waals surface area (Å²) in [5.41, 5.74) is 0.938. The van der Waals surface area contributed by atoms with E-state index in [1.165, 1.54) is 18.2 Å². The van der Waals surface area contributed by atoms with E-state index in [2.05, 4.69) is 0 Å². The molecule has 1 fully saturated rings. The van der Waals surface area contributed by atoms with Gasteiger partial charge in [0.15, 0.2) is 0 Å². The summed E-state index contributed by atoms with van der Waals surface area (Å²) >= 11 is 0. The zero-order valence-corrected chi connectivity index (χ0v) is 14.8. The maximum Gasteiger partial charge on any atom is 0.525 e. The second-order valence-corrected chi connectivity index (χ2v) is 7.25.